The summed E-state index contributed by atoms with van der Waals surface area (Å²) < 4.78 is 20.8. The summed E-state index contributed by atoms with van der Waals surface area (Å²) in [4.78, 5) is 23.7. The molecule has 24 heavy (non-hydrogen) atoms. The van der Waals surface area contributed by atoms with Crippen molar-refractivity contribution in [3.8, 4) is 17.2 Å². The molecule has 0 aromatic heterocycles. The lowest BCUT2D eigenvalue weighted by atomic mass is 10.1. The van der Waals surface area contributed by atoms with Gasteiger partial charge in [-0.2, -0.15) is 0 Å². The summed E-state index contributed by atoms with van der Waals surface area (Å²) in [5, 5.41) is 0. The first-order chi connectivity index (χ1) is 11.7. The smallest absolute Gasteiger partial charge is 0.338 e. The minimum absolute atomic E-state index is 0.113. The first-order valence-corrected chi connectivity index (χ1v) is 7.50. The molecule has 0 bridgehead atoms. The largest absolute Gasteiger partial charge is 0.485 e. The van der Waals surface area contributed by atoms with Crippen molar-refractivity contribution in [3.63, 3.8) is 0 Å². The fraction of sp³-hybridized carbons (Fsp3) is 0.222. The molecule has 0 radical (unpaired) electrons. The van der Waals surface area contributed by atoms with Crippen molar-refractivity contribution in [2.24, 2.45) is 0 Å². The Labute approximate surface area is 138 Å². The molecular weight excluding hydrogens is 312 g/mol. The summed E-state index contributed by atoms with van der Waals surface area (Å²) in [6.07, 6.45) is 0. The Morgan fingerprint density at radius 2 is 1.71 bits per heavy atom. The van der Waals surface area contributed by atoms with Crippen LogP contribution in [-0.2, 0) is 4.74 Å². The predicted molar refractivity (Wildman–Crippen MR) is 84.8 cm³/mol. The lowest BCUT2D eigenvalue weighted by Gasteiger charge is -2.07. The van der Waals surface area contributed by atoms with E-state index in [0.29, 0.717) is 35.0 Å². The molecule has 0 saturated heterocycles. The molecular formula is C18H16O6. The summed E-state index contributed by atoms with van der Waals surface area (Å²) in [5.74, 6) is 1.11. The van der Waals surface area contributed by atoms with Crippen LogP contribution in [0.25, 0.3) is 0 Å². The number of carbonyl (C=O) groups excluding carboxylic acids is 2. The molecule has 0 fully saturated rings. The maximum absolute atomic E-state index is 12.2. The number of benzene rings is 2. The van der Waals surface area contributed by atoms with Crippen LogP contribution in [0.4, 0.5) is 0 Å². The normalized spacial score (nSPS) is 11.9. The van der Waals surface area contributed by atoms with Gasteiger partial charge in [-0.3, -0.25) is 4.79 Å². The number of Topliss-reactive ketones (excluding diaryl/α,β-unsaturated/α-hetero) is 1. The van der Waals surface area contributed by atoms with Gasteiger partial charge in [0.05, 0.1) is 12.2 Å². The number of hydrogen-bond acceptors (Lipinski definition) is 6. The Morgan fingerprint density at radius 3 is 2.46 bits per heavy atom. The van der Waals surface area contributed by atoms with Gasteiger partial charge < -0.3 is 18.9 Å². The molecule has 1 aliphatic heterocycles. The van der Waals surface area contributed by atoms with Crippen LogP contribution in [0.5, 0.6) is 17.2 Å². The zero-order chi connectivity index (χ0) is 16.9. The maximum atomic E-state index is 12.2. The molecule has 6 heteroatoms. The molecule has 2 aromatic carbocycles. The van der Waals surface area contributed by atoms with Crippen LogP contribution < -0.4 is 14.2 Å². The van der Waals surface area contributed by atoms with Gasteiger partial charge in [0.1, 0.15) is 5.75 Å². The van der Waals surface area contributed by atoms with Crippen LogP contribution in [-0.4, -0.2) is 31.8 Å². The van der Waals surface area contributed by atoms with Gasteiger partial charge in [0.15, 0.2) is 23.9 Å². The summed E-state index contributed by atoms with van der Waals surface area (Å²) in [7, 11) is 0. The highest BCUT2D eigenvalue weighted by Crippen LogP contribution is 2.32. The SMILES string of the molecule is CCOC(=O)c1ccc(OCC(=O)c2ccc3c(c2)OCO3)cc1. The number of ketones is 1. The third kappa shape index (κ3) is 3.48. The van der Waals surface area contributed by atoms with Crippen molar-refractivity contribution < 1.29 is 28.5 Å². The third-order valence-electron chi connectivity index (χ3n) is 3.43. The molecule has 0 spiro atoms. The lowest BCUT2D eigenvalue weighted by Crippen LogP contribution is -2.11. The van der Waals surface area contributed by atoms with Gasteiger partial charge in [0, 0.05) is 5.56 Å². The minimum Gasteiger partial charge on any atom is -0.485 e. The second kappa shape index (κ2) is 7.04. The van der Waals surface area contributed by atoms with E-state index in [0.717, 1.165) is 0 Å². The van der Waals surface area contributed by atoms with Crippen LogP contribution in [0.15, 0.2) is 42.5 Å². The summed E-state index contributed by atoms with van der Waals surface area (Å²) in [5.41, 5.74) is 0.925. The highest BCUT2D eigenvalue weighted by Gasteiger charge is 2.16. The molecule has 3 rings (SSSR count). The van der Waals surface area contributed by atoms with Crippen LogP contribution >= 0.6 is 0 Å². The third-order valence-corrected chi connectivity index (χ3v) is 3.43. The van der Waals surface area contributed by atoms with Gasteiger partial charge in [-0.15, -0.1) is 0 Å². The predicted octanol–water partition coefficient (Wildman–Crippen LogP) is 2.85. The number of hydrogen-bond donors (Lipinski definition) is 0. The molecule has 0 saturated carbocycles. The number of carbonyl (C=O) groups is 2. The quantitative estimate of drug-likeness (QED) is 0.600. The van der Waals surface area contributed by atoms with E-state index in [-0.39, 0.29) is 25.2 Å². The van der Waals surface area contributed by atoms with Crippen molar-refractivity contribution in [3.05, 3.63) is 53.6 Å². The summed E-state index contributed by atoms with van der Waals surface area (Å²) in [6.45, 7) is 2.12. The summed E-state index contributed by atoms with van der Waals surface area (Å²) >= 11 is 0. The van der Waals surface area contributed by atoms with Gasteiger partial charge in [0.25, 0.3) is 0 Å². The Hall–Kier alpha value is -3.02. The number of ether oxygens (including phenoxy) is 4. The van der Waals surface area contributed by atoms with Crippen molar-refractivity contribution >= 4 is 11.8 Å². The highest BCUT2D eigenvalue weighted by atomic mass is 16.7. The van der Waals surface area contributed by atoms with E-state index in [2.05, 4.69) is 0 Å². The molecule has 1 aliphatic rings. The molecule has 1 heterocycles. The van der Waals surface area contributed by atoms with Gasteiger partial charge in [0.2, 0.25) is 6.79 Å². The fourth-order valence-electron chi connectivity index (χ4n) is 2.20. The monoisotopic (exact) mass is 328 g/mol. The van der Waals surface area contributed by atoms with E-state index in [1.165, 1.54) is 0 Å². The van der Waals surface area contributed by atoms with E-state index in [9.17, 15) is 9.59 Å². The Balaban J connectivity index is 1.59. The second-order valence-corrected chi connectivity index (χ2v) is 5.02. The van der Waals surface area contributed by atoms with Gasteiger partial charge in [-0.1, -0.05) is 0 Å². The molecule has 0 N–H and O–H groups in total. The van der Waals surface area contributed by atoms with E-state index in [1.807, 2.05) is 0 Å². The van der Waals surface area contributed by atoms with E-state index in [4.69, 9.17) is 18.9 Å². The molecule has 2 aromatic rings. The lowest BCUT2D eigenvalue weighted by molar-refractivity contribution is 0.0526. The standard InChI is InChI=1S/C18H16O6/c1-2-21-18(20)12-3-6-14(7-4-12)22-10-15(19)13-5-8-16-17(9-13)24-11-23-16/h3-9H,2,10-11H2,1H3. The van der Waals surface area contributed by atoms with Gasteiger partial charge >= 0.3 is 5.97 Å². The Morgan fingerprint density at radius 1 is 1.00 bits per heavy atom. The van der Waals surface area contributed by atoms with E-state index < -0.39 is 0 Å². The summed E-state index contributed by atoms with van der Waals surface area (Å²) in [6, 6.07) is 11.4. The van der Waals surface area contributed by atoms with Crippen LogP contribution in [0.2, 0.25) is 0 Å². The first kappa shape index (κ1) is 15.9. The second-order valence-electron chi connectivity index (χ2n) is 5.02. The van der Waals surface area contributed by atoms with E-state index >= 15 is 0 Å². The molecule has 0 aliphatic carbocycles. The van der Waals surface area contributed by atoms with Crippen LogP contribution in [0.1, 0.15) is 27.6 Å². The molecule has 0 amide bonds. The van der Waals surface area contributed by atoms with Crippen LogP contribution in [0.3, 0.4) is 0 Å². The number of esters is 1. The highest BCUT2D eigenvalue weighted by molar-refractivity contribution is 5.98. The Bertz CT molecular complexity index is 751. The number of fused-ring (bicyclic) bond motifs is 1. The zero-order valence-electron chi connectivity index (χ0n) is 13.1. The topological polar surface area (TPSA) is 71.1 Å². The zero-order valence-corrected chi connectivity index (χ0v) is 13.1. The van der Waals surface area contributed by atoms with Gasteiger partial charge in [-0.05, 0) is 49.4 Å². The van der Waals surface area contributed by atoms with Crippen molar-refractivity contribution in [2.45, 2.75) is 6.92 Å². The van der Waals surface area contributed by atoms with Gasteiger partial charge in [-0.25, -0.2) is 4.79 Å². The minimum atomic E-state index is -0.388. The Kier molecular flexibility index (Phi) is 4.65. The molecule has 0 unspecified atom stereocenters. The van der Waals surface area contributed by atoms with Crippen LogP contribution in [0, 0.1) is 0 Å². The molecule has 124 valence electrons. The molecule has 0 atom stereocenters. The van der Waals surface area contributed by atoms with Crippen molar-refractivity contribution in [2.75, 3.05) is 20.0 Å². The first-order valence-electron chi connectivity index (χ1n) is 7.50. The average Bonchev–Trinajstić information content (AvgIpc) is 3.08. The average molecular weight is 328 g/mol. The van der Waals surface area contributed by atoms with Crippen molar-refractivity contribution in [1.82, 2.24) is 0 Å². The fourth-order valence-corrected chi connectivity index (χ4v) is 2.20. The van der Waals surface area contributed by atoms with Crippen molar-refractivity contribution in [1.29, 1.82) is 0 Å². The molecule has 6 nitrogen and oxygen atoms in total. The maximum Gasteiger partial charge on any atom is 0.338 e. The number of rotatable bonds is 6. The van der Waals surface area contributed by atoms with E-state index in [1.54, 1.807) is 49.4 Å².